The highest BCUT2D eigenvalue weighted by Crippen LogP contribution is 2.37. The third-order valence-corrected chi connectivity index (χ3v) is 5.99. The van der Waals surface area contributed by atoms with E-state index in [1.807, 2.05) is 0 Å². The molecule has 0 atom stereocenters. The number of halogens is 5. The van der Waals surface area contributed by atoms with E-state index >= 15 is 0 Å². The van der Waals surface area contributed by atoms with Crippen molar-refractivity contribution in [1.82, 2.24) is 5.32 Å². The van der Waals surface area contributed by atoms with Crippen molar-refractivity contribution in [3.8, 4) is 5.75 Å². The topological polar surface area (TPSA) is 75.7 Å². The fraction of sp³-hybridized carbons (Fsp3) is 0.350. The van der Waals surface area contributed by atoms with E-state index in [-0.39, 0.29) is 44.1 Å². The second-order valence-corrected chi connectivity index (χ2v) is 9.50. The Labute approximate surface area is 194 Å². The van der Waals surface area contributed by atoms with Gasteiger partial charge in [0.15, 0.2) is 0 Å². The van der Waals surface area contributed by atoms with Gasteiger partial charge in [-0.15, -0.1) is 0 Å². The molecular weight excluding hydrogens is 492 g/mol. The van der Waals surface area contributed by atoms with E-state index < -0.39 is 26.8 Å². The van der Waals surface area contributed by atoms with Gasteiger partial charge in [0.25, 0.3) is 0 Å². The predicted molar refractivity (Wildman–Crippen MR) is 118 cm³/mol. The van der Waals surface area contributed by atoms with Gasteiger partial charge in [0.1, 0.15) is 12.4 Å². The smallest absolute Gasteiger partial charge is 0.417 e. The van der Waals surface area contributed by atoms with Crippen LogP contribution in [0.4, 0.5) is 18.9 Å². The maximum Gasteiger partial charge on any atom is 0.417 e. The molecule has 12 heteroatoms. The molecule has 1 N–H and O–H groups in total. The van der Waals surface area contributed by atoms with Crippen LogP contribution in [0.1, 0.15) is 18.4 Å². The summed E-state index contributed by atoms with van der Waals surface area (Å²) in [6.45, 7) is 0.268. The number of amides is 1. The third kappa shape index (κ3) is 8.07. The van der Waals surface area contributed by atoms with Gasteiger partial charge in [-0.25, -0.2) is 8.42 Å². The lowest BCUT2D eigenvalue weighted by Gasteiger charge is -2.23. The number of carbonyl (C=O) groups excluding carboxylic acids is 1. The Kier molecular flexibility index (Phi) is 9.06. The maximum atomic E-state index is 13.1. The molecule has 0 fully saturated rings. The minimum Gasteiger partial charge on any atom is -0.492 e. The Morgan fingerprint density at radius 2 is 1.78 bits per heavy atom. The molecule has 0 radical (unpaired) electrons. The Hall–Kier alpha value is -2.17. The molecule has 0 heterocycles. The summed E-state index contributed by atoms with van der Waals surface area (Å²) in [5.41, 5.74) is -1.32. The zero-order chi connectivity index (χ0) is 23.9. The zero-order valence-corrected chi connectivity index (χ0v) is 19.3. The van der Waals surface area contributed by atoms with E-state index in [0.29, 0.717) is 16.8 Å². The van der Waals surface area contributed by atoms with E-state index in [0.717, 1.165) is 16.6 Å². The van der Waals surface area contributed by atoms with Gasteiger partial charge in [-0.3, -0.25) is 9.10 Å². The van der Waals surface area contributed by atoms with Crippen LogP contribution in [0.5, 0.6) is 5.75 Å². The molecule has 2 rings (SSSR count). The highest BCUT2D eigenvalue weighted by molar-refractivity contribution is 7.92. The molecule has 2 aromatic carbocycles. The molecule has 0 aromatic heterocycles. The van der Waals surface area contributed by atoms with Crippen LogP contribution in [0.15, 0.2) is 42.5 Å². The number of alkyl halides is 3. The second kappa shape index (κ2) is 11.1. The lowest BCUT2D eigenvalue weighted by Crippen LogP contribution is -2.33. The Bertz CT molecular complexity index is 1030. The number of carbonyl (C=O) groups is 1. The van der Waals surface area contributed by atoms with Crippen molar-refractivity contribution in [1.29, 1.82) is 0 Å². The van der Waals surface area contributed by atoms with Crippen molar-refractivity contribution in [2.24, 2.45) is 0 Å². The fourth-order valence-electron chi connectivity index (χ4n) is 2.73. The number of rotatable bonds is 10. The van der Waals surface area contributed by atoms with E-state index in [1.165, 1.54) is 6.07 Å². The molecule has 176 valence electrons. The molecule has 0 aliphatic heterocycles. The minimum absolute atomic E-state index is 0.0211. The van der Waals surface area contributed by atoms with Crippen LogP contribution in [-0.2, 0) is 21.0 Å². The first-order valence-corrected chi connectivity index (χ1v) is 12.0. The molecule has 0 saturated heterocycles. The second-order valence-electron chi connectivity index (χ2n) is 6.75. The van der Waals surface area contributed by atoms with Crippen LogP contribution in [-0.4, -0.2) is 40.3 Å². The van der Waals surface area contributed by atoms with Gasteiger partial charge in [-0.05, 0) is 48.9 Å². The average molecular weight is 513 g/mol. The number of sulfonamides is 1. The van der Waals surface area contributed by atoms with Crippen LogP contribution in [0, 0.1) is 0 Å². The lowest BCUT2D eigenvalue weighted by molar-refractivity contribution is -0.137. The highest BCUT2D eigenvalue weighted by Gasteiger charge is 2.34. The quantitative estimate of drug-likeness (QED) is 0.466. The van der Waals surface area contributed by atoms with Crippen molar-refractivity contribution in [3.05, 3.63) is 58.1 Å². The first-order valence-electron chi connectivity index (χ1n) is 9.37. The van der Waals surface area contributed by atoms with Gasteiger partial charge in [-0.2, -0.15) is 13.2 Å². The van der Waals surface area contributed by atoms with E-state index in [2.05, 4.69) is 5.32 Å². The third-order valence-electron chi connectivity index (χ3n) is 4.22. The standard InChI is InChI=1S/C20H21Cl2F3N2O4S/c1-32(29,30)27(15-6-9-18(22)17(13-15)20(23,24)25)11-2-3-19(28)26-10-12-31-16-7-4-14(21)5-8-16/h4-9,13H,2-3,10-12H2,1H3,(H,26,28). The number of hydrogen-bond donors (Lipinski definition) is 1. The summed E-state index contributed by atoms with van der Waals surface area (Å²) in [5, 5.41) is 2.67. The van der Waals surface area contributed by atoms with Gasteiger partial charge in [0.05, 0.1) is 29.1 Å². The molecule has 0 bridgehead atoms. The summed E-state index contributed by atoms with van der Waals surface area (Å²) in [5.74, 6) is 0.249. The average Bonchev–Trinajstić information content (AvgIpc) is 2.69. The monoisotopic (exact) mass is 512 g/mol. The molecule has 1 amide bonds. The van der Waals surface area contributed by atoms with Gasteiger partial charge in [-0.1, -0.05) is 23.2 Å². The van der Waals surface area contributed by atoms with Gasteiger partial charge in [0.2, 0.25) is 15.9 Å². The first-order chi connectivity index (χ1) is 14.9. The van der Waals surface area contributed by atoms with Gasteiger partial charge < -0.3 is 10.1 Å². The number of hydrogen-bond acceptors (Lipinski definition) is 4. The lowest BCUT2D eigenvalue weighted by atomic mass is 10.2. The van der Waals surface area contributed by atoms with Gasteiger partial charge in [0, 0.05) is 18.0 Å². The van der Waals surface area contributed by atoms with E-state index in [4.69, 9.17) is 27.9 Å². The molecule has 0 saturated carbocycles. The highest BCUT2D eigenvalue weighted by atomic mass is 35.5. The molecule has 32 heavy (non-hydrogen) atoms. The van der Waals surface area contributed by atoms with Crippen molar-refractivity contribution in [3.63, 3.8) is 0 Å². The molecule has 0 aliphatic rings. The van der Waals surface area contributed by atoms with Crippen molar-refractivity contribution in [2.45, 2.75) is 19.0 Å². The summed E-state index contributed by atoms with van der Waals surface area (Å²) < 4.78 is 69.8. The summed E-state index contributed by atoms with van der Waals surface area (Å²) in [7, 11) is -3.88. The van der Waals surface area contributed by atoms with E-state index in [1.54, 1.807) is 24.3 Å². The van der Waals surface area contributed by atoms with E-state index in [9.17, 15) is 26.4 Å². The van der Waals surface area contributed by atoms with Crippen molar-refractivity contribution >= 4 is 44.8 Å². The molecular formula is C20H21Cl2F3N2O4S. The largest absolute Gasteiger partial charge is 0.492 e. The minimum atomic E-state index is -4.73. The Morgan fingerprint density at radius 1 is 1.12 bits per heavy atom. The zero-order valence-electron chi connectivity index (χ0n) is 17.0. The number of nitrogens with zero attached hydrogens (tertiary/aromatic N) is 1. The summed E-state index contributed by atoms with van der Waals surface area (Å²) in [6.07, 6.45) is -3.78. The molecule has 0 aliphatic carbocycles. The van der Waals surface area contributed by atoms with Crippen LogP contribution in [0.2, 0.25) is 10.0 Å². The van der Waals surface area contributed by atoms with Crippen molar-refractivity contribution in [2.75, 3.05) is 30.3 Å². The first kappa shape index (κ1) is 26.1. The fourth-order valence-corrected chi connectivity index (χ4v) is 4.04. The van der Waals surface area contributed by atoms with Crippen LogP contribution in [0.3, 0.4) is 0 Å². The van der Waals surface area contributed by atoms with Crippen LogP contribution in [0.25, 0.3) is 0 Å². The number of benzene rings is 2. The Balaban J connectivity index is 1.88. The SMILES string of the molecule is CS(=O)(=O)N(CCCC(=O)NCCOc1ccc(Cl)cc1)c1ccc(Cl)c(C(F)(F)F)c1. The molecule has 6 nitrogen and oxygen atoms in total. The van der Waals surface area contributed by atoms with Crippen LogP contribution < -0.4 is 14.4 Å². The number of anilines is 1. The van der Waals surface area contributed by atoms with Gasteiger partial charge >= 0.3 is 6.18 Å². The molecule has 2 aromatic rings. The molecule has 0 spiro atoms. The number of ether oxygens (including phenoxy) is 1. The normalized spacial score (nSPS) is 11.8. The summed E-state index contributed by atoms with van der Waals surface area (Å²) in [4.78, 5) is 12.0. The molecule has 0 unspecified atom stereocenters. The predicted octanol–water partition coefficient (Wildman–Crippen LogP) is 4.75. The maximum absolute atomic E-state index is 13.1. The summed E-state index contributed by atoms with van der Waals surface area (Å²) >= 11 is 11.4. The van der Waals surface area contributed by atoms with Crippen molar-refractivity contribution < 1.29 is 31.1 Å². The summed E-state index contributed by atoms with van der Waals surface area (Å²) in [6, 6.07) is 9.56. The Morgan fingerprint density at radius 3 is 2.38 bits per heavy atom. The number of nitrogens with one attached hydrogen (secondary N) is 1. The van der Waals surface area contributed by atoms with Crippen LogP contribution >= 0.6 is 23.2 Å².